The zero-order chi connectivity index (χ0) is 20.4. The third-order valence-electron chi connectivity index (χ3n) is 5.16. The van der Waals surface area contributed by atoms with Gasteiger partial charge in [0.25, 0.3) is 10.0 Å². The second kappa shape index (κ2) is 8.21. The van der Waals surface area contributed by atoms with Crippen LogP contribution < -0.4 is 4.72 Å². The van der Waals surface area contributed by atoms with E-state index in [4.69, 9.17) is 0 Å². The highest BCUT2D eigenvalue weighted by Crippen LogP contribution is 2.22. The number of carbonyl (C=O) groups is 1. The number of benzene rings is 1. The average molecular weight is 407 g/mol. The molecule has 0 radical (unpaired) electrons. The van der Waals surface area contributed by atoms with Crippen molar-refractivity contribution in [1.29, 1.82) is 0 Å². The summed E-state index contributed by atoms with van der Waals surface area (Å²) in [5.74, 6) is 0.407. The zero-order valence-corrected chi connectivity index (χ0v) is 17.8. The summed E-state index contributed by atoms with van der Waals surface area (Å²) in [5, 5.41) is 0. The number of nitrogens with one attached hydrogen (secondary N) is 1. The lowest BCUT2D eigenvalue weighted by molar-refractivity contribution is -0.132. The molecular formula is C20H30N4O3S. The molecule has 2 aliphatic rings. The van der Waals surface area contributed by atoms with Gasteiger partial charge in [0, 0.05) is 38.2 Å². The van der Waals surface area contributed by atoms with Crippen LogP contribution in [-0.4, -0.2) is 69.2 Å². The second-order valence-corrected chi connectivity index (χ2v) is 10.3. The molecule has 154 valence electrons. The number of hydrogen-bond acceptors (Lipinski definition) is 5. The number of aliphatic imine (C=N–C) groups is 1. The first-order chi connectivity index (χ1) is 13.2. The molecule has 0 bridgehead atoms. The number of hydrogen-bond donors (Lipinski definition) is 1. The van der Waals surface area contributed by atoms with Gasteiger partial charge in [-0.15, -0.1) is 0 Å². The molecule has 1 amide bonds. The van der Waals surface area contributed by atoms with E-state index in [0.717, 1.165) is 39.1 Å². The third kappa shape index (κ3) is 5.11. The Hall–Kier alpha value is -1.93. The van der Waals surface area contributed by atoms with Gasteiger partial charge in [-0.3, -0.25) is 19.4 Å². The summed E-state index contributed by atoms with van der Waals surface area (Å²) in [6.07, 6.45) is 1.44. The van der Waals surface area contributed by atoms with Crippen LogP contribution in [0.5, 0.6) is 0 Å². The van der Waals surface area contributed by atoms with Crippen molar-refractivity contribution in [3.05, 3.63) is 29.8 Å². The summed E-state index contributed by atoms with van der Waals surface area (Å²) >= 11 is 0. The van der Waals surface area contributed by atoms with E-state index in [2.05, 4.69) is 35.4 Å². The van der Waals surface area contributed by atoms with Crippen molar-refractivity contribution in [2.75, 3.05) is 39.3 Å². The first-order valence-corrected chi connectivity index (χ1v) is 11.3. The molecule has 0 saturated carbocycles. The number of sulfonamides is 1. The SMILES string of the molecule is CC(C)(C)CCN1CCN(C(=O)CCN=C2NS(=O)(=O)c3ccccc32)CC1. The Morgan fingerprint density at radius 3 is 2.50 bits per heavy atom. The first-order valence-electron chi connectivity index (χ1n) is 9.82. The summed E-state index contributed by atoms with van der Waals surface area (Å²) < 4.78 is 26.6. The molecule has 0 aliphatic carbocycles. The van der Waals surface area contributed by atoms with E-state index in [1.807, 2.05) is 4.90 Å². The molecule has 1 fully saturated rings. The van der Waals surface area contributed by atoms with Crippen LogP contribution in [0.2, 0.25) is 0 Å². The van der Waals surface area contributed by atoms with E-state index in [9.17, 15) is 13.2 Å². The lowest BCUT2D eigenvalue weighted by Gasteiger charge is -2.36. The van der Waals surface area contributed by atoms with Gasteiger partial charge in [-0.25, -0.2) is 8.42 Å². The fraction of sp³-hybridized carbons (Fsp3) is 0.600. The quantitative estimate of drug-likeness (QED) is 0.807. The van der Waals surface area contributed by atoms with Crippen molar-refractivity contribution in [3.63, 3.8) is 0 Å². The van der Waals surface area contributed by atoms with Crippen LogP contribution in [0.3, 0.4) is 0 Å². The van der Waals surface area contributed by atoms with Crippen molar-refractivity contribution in [3.8, 4) is 0 Å². The fourth-order valence-corrected chi connectivity index (χ4v) is 4.64. The largest absolute Gasteiger partial charge is 0.340 e. The zero-order valence-electron chi connectivity index (χ0n) is 16.9. The van der Waals surface area contributed by atoms with E-state index in [0.29, 0.717) is 16.8 Å². The molecule has 0 spiro atoms. The van der Waals surface area contributed by atoms with E-state index in [1.54, 1.807) is 24.3 Å². The predicted molar refractivity (Wildman–Crippen MR) is 110 cm³/mol. The molecule has 7 nitrogen and oxygen atoms in total. The van der Waals surface area contributed by atoms with Crippen LogP contribution in [0.15, 0.2) is 34.2 Å². The van der Waals surface area contributed by atoms with Crippen LogP contribution in [0, 0.1) is 5.41 Å². The Kier molecular flexibility index (Phi) is 6.09. The summed E-state index contributed by atoms with van der Waals surface area (Å²) in [6, 6.07) is 6.75. The van der Waals surface area contributed by atoms with Crippen molar-refractivity contribution in [2.45, 2.75) is 38.5 Å². The highest BCUT2D eigenvalue weighted by Gasteiger charge is 2.30. The maximum absolute atomic E-state index is 12.5. The minimum atomic E-state index is -3.53. The number of fused-ring (bicyclic) bond motifs is 1. The van der Waals surface area contributed by atoms with Gasteiger partial charge in [0.1, 0.15) is 5.84 Å². The van der Waals surface area contributed by atoms with Gasteiger partial charge in [0.05, 0.1) is 11.4 Å². The molecule has 8 heteroatoms. The Morgan fingerprint density at radius 2 is 1.82 bits per heavy atom. The van der Waals surface area contributed by atoms with Gasteiger partial charge >= 0.3 is 0 Å². The van der Waals surface area contributed by atoms with Gasteiger partial charge in [-0.05, 0) is 30.5 Å². The minimum Gasteiger partial charge on any atom is -0.340 e. The third-order valence-corrected chi connectivity index (χ3v) is 6.56. The van der Waals surface area contributed by atoms with Crippen LogP contribution in [0.25, 0.3) is 0 Å². The molecule has 2 aliphatic heterocycles. The van der Waals surface area contributed by atoms with E-state index < -0.39 is 10.0 Å². The Morgan fingerprint density at radius 1 is 1.14 bits per heavy atom. The summed E-state index contributed by atoms with van der Waals surface area (Å²) in [7, 11) is -3.53. The Labute approximate surface area is 167 Å². The molecule has 0 unspecified atom stereocenters. The number of nitrogens with zero attached hydrogens (tertiary/aromatic N) is 3. The summed E-state index contributed by atoms with van der Waals surface area (Å²) in [5.41, 5.74) is 0.898. The molecule has 3 rings (SSSR count). The predicted octanol–water partition coefficient (Wildman–Crippen LogP) is 1.70. The number of rotatable bonds is 5. The fourth-order valence-electron chi connectivity index (χ4n) is 3.39. The van der Waals surface area contributed by atoms with Gasteiger partial charge < -0.3 is 4.90 Å². The van der Waals surface area contributed by atoms with Crippen LogP contribution in [-0.2, 0) is 14.8 Å². The molecule has 0 atom stereocenters. The maximum atomic E-state index is 12.5. The smallest absolute Gasteiger partial charge is 0.263 e. The molecule has 1 aromatic carbocycles. The Bertz CT molecular complexity index is 850. The molecule has 28 heavy (non-hydrogen) atoms. The summed E-state index contributed by atoms with van der Waals surface area (Å²) in [4.78, 5) is 21.4. The van der Waals surface area contributed by atoms with Crippen molar-refractivity contribution in [2.24, 2.45) is 10.4 Å². The molecule has 0 aromatic heterocycles. The highest BCUT2D eigenvalue weighted by molar-refractivity contribution is 7.90. The first kappa shape index (κ1) is 20.8. The summed E-state index contributed by atoms with van der Waals surface area (Å²) in [6.45, 7) is 11.4. The molecule has 2 heterocycles. The number of carbonyl (C=O) groups excluding carboxylic acids is 1. The standard InChI is InChI=1S/C20H30N4O3S/c1-20(2,3)9-11-23-12-14-24(15-13-23)18(25)8-10-21-19-16-6-4-5-7-17(16)28(26,27)22-19/h4-7H,8-15H2,1-3H3,(H,21,22). The van der Waals surface area contributed by atoms with Crippen LogP contribution in [0.1, 0.15) is 39.2 Å². The van der Waals surface area contributed by atoms with Gasteiger partial charge in [0.2, 0.25) is 5.91 Å². The van der Waals surface area contributed by atoms with Crippen molar-refractivity contribution >= 4 is 21.8 Å². The van der Waals surface area contributed by atoms with Crippen molar-refractivity contribution in [1.82, 2.24) is 14.5 Å². The highest BCUT2D eigenvalue weighted by atomic mass is 32.2. The van der Waals surface area contributed by atoms with E-state index >= 15 is 0 Å². The molecule has 1 aromatic rings. The van der Waals surface area contributed by atoms with E-state index in [-0.39, 0.29) is 23.8 Å². The maximum Gasteiger partial charge on any atom is 0.263 e. The van der Waals surface area contributed by atoms with E-state index in [1.165, 1.54) is 0 Å². The van der Waals surface area contributed by atoms with Crippen LogP contribution >= 0.6 is 0 Å². The van der Waals surface area contributed by atoms with Gasteiger partial charge in [-0.2, -0.15) is 0 Å². The Balaban J connectivity index is 1.48. The van der Waals surface area contributed by atoms with Crippen LogP contribution in [0.4, 0.5) is 0 Å². The molecule has 1 N–H and O–H groups in total. The monoisotopic (exact) mass is 406 g/mol. The number of amides is 1. The van der Waals surface area contributed by atoms with Gasteiger partial charge in [-0.1, -0.05) is 32.9 Å². The number of piperazine rings is 1. The number of amidine groups is 1. The second-order valence-electron chi connectivity index (χ2n) is 8.62. The topological polar surface area (TPSA) is 82.1 Å². The molecule has 1 saturated heterocycles. The minimum absolute atomic E-state index is 0.0777. The lowest BCUT2D eigenvalue weighted by Crippen LogP contribution is -2.49. The van der Waals surface area contributed by atoms with Crippen molar-refractivity contribution < 1.29 is 13.2 Å². The lowest BCUT2D eigenvalue weighted by atomic mass is 9.92. The molecular weight excluding hydrogens is 376 g/mol. The normalized spacial score (nSPS) is 20.8. The van der Waals surface area contributed by atoms with Gasteiger partial charge in [0.15, 0.2) is 0 Å². The average Bonchev–Trinajstić information content (AvgIpc) is 2.91.